The van der Waals surface area contributed by atoms with Crippen LogP contribution in [0, 0.1) is 5.92 Å². The lowest BCUT2D eigenvalue weighted by atomic mass is 9.96. The SMILES string of the molecule is CCCNCc1nc(CN2CCCC2C2CCCC2)cs1. The zero-order chi connectivity index (χ0) is 14.5. The van der Waals surface area contributed by atoms with E-state index in [1.807, 2.05) is 11.3 Å². The highest BCUT2D eigenvalue weighted by atomic mass is 32.1. The largest absolute Gasteiger partial charge is 0.310 e. The van der Waals surface area contributed by atoms with Crippen molar-refractivity contribution in [3.05, 3.63) is 16.1 Å². The molecule has 1 saturated carbocycles. The van der Waals surface area contributed by atoms with Crippen LogP contribution >= 0.6 is 11.3 Å². The molecule has 1 aromatic heterocycles. The third-order valence-electron chi connectivity index (χ3n) is 5.03. The lowest BCUT2D eigenvalue weighted by Gasteiger charge is -2.28. The number of hydrogen-bond acceptors (Lipinski definition) is 4. The minimum atomic E-state index is 0.843. The molecule has 0 spiro atoms. The van der Waals surface area contributed by atoms with E-state index in [-0.39, 0.29) is 0 Å². The average Bonchev–Trinajstić information content (AvgIpc) is 3.20. The number of aromatic nitrogens is 1. The van der Waals surface area contributed by atoms with E-state index < -0.39 is 0 Å². The molecule has 0 radical (unpaired) electrons. The van der Waals surface area contributed by atoms with Gasteiger partial charge < -0.3 is 5.32 Å². The number of hydrogen-bond donors (Lipinski definition) is 1. The molecule has 0 bridgehead atoms. The van der Waals surface area contributed by atoms with E-state index in [4.69, 9.17) is 4.98 Å². The number of likely N-dealkylation sites (tertiary alicyclic amines) is 1. The first-order valence-corrected chi connectivity index (χ1v) is 9.63. The quantitative estimate of drug-likeness (QED) is 0.777. The second-order valence-electron chi connectivity index (χ2n) is 6.63. The second-order valence-corrected chi connectivity index (χ2v) is 7.58. The Hall–Kier alpha value is -0.450. The highest BCUT2D eigenvalue weighted by Gasteiger charge is 2.33. The first-order chi connectivity index (χ1) is 10.4. The summed E-state index contributed by atoms with van der Waals surface area (Å²) in [5, 5.41) is 6.96. The van der Waals surface area contributed by atoms with Gasteiger partial charge >= 0.3 is 0 Å². The van der Waals surface area contributed by atoms with E-state index in [2.05, 4.69) is 22.5 Å². The average molecular weight is 308 g/mol. The van der Waals surface area contributed by atoms with Gasteiger partial charge in [-0.25, -0.2) is 4.98 Å². The third-order valence-corrected chi connectivity index (χ3v) is 5.92. The summed E-state index contributed by atoms with van der Waals surface area (Å²) in [6.45, 7) is 6.58. The summed E-state index contributed by atoms with van der Waals surface area (Å²) in [7, 11) is 0. The predicted octanol–water partition coefficient (Wildman–Crippen LogP) is 3.80. The summed E-state index contributed by atoms with van der Waals surface area (Å²) in [6, 6.07) is 0.843. The summed E-state index contributed by atoms with van der Waals surface area (Å²) < 4.78 is 0. The first-order valence-electron chi connectivity index (χ1n) is 8.75. The molecule has 0 aromatic carbocycles. The second kappa shape index (κ2) is 7.70. The van der Waals surface area contributed by atoms with Gasteiger partial charge in [0.15, 0.2) is 0 Å². The topological polar surface area (TPSA) is 28.2 Å². The van der Waals surface area contributed by atoms with Gasteiger partial charge in [-0.05, 0) is 51.1 Å². The van der Waals surface area contributed by atoms with Crippen LogP contribution in [0.5, 0.6) is 0 Å². The van der Waals surface area contributed by atoms with Crippen molar-refractivity contribution in [3.63, 3.8) is 0 Å². The summed E-state index contributed by atoms with van der Waals surface area (Å²) >= 11 is 1.82. The van der Waals surface area contributed by atoms with Crippen molar-refractivity contribution in [1.29, 1.82) is 0 Å². The van der Waals surface area contributed by atoms with Crippen molar-refractivity contribution in [3.8, 4) is 0 Å². The smallest absolute Gasteiger partial charge is 0.107 e. The molecule has 1 atom stereocenters. The Morgan fingerprint density at radius 2 is 2.14 bits per heavy atom. The molecule has 3 nitrogen and oxygen atoms in total. The minimum Gasteiger partial charge on any atom is -0.310 e. The number of nitrogens with zero attached hydrogens (tertiary/aromatic N) is 2. The van der Waals surface area contributed by atoms with E-state index in [1.54, 1.807) is 0 Å². The highest BCUT2D eigenvalue weighted by Crippen LogP contribution is 2.36. The molecule has 2 aliphatic rings. The van der Waals surface area contributed by atoms with Crippen molar-refractivity contribution in [2.24, 2.45) is 5.92 Å². The minimum absolute atomic E-state index is 0.843. The maximum Gasteiger partial charge on any atom is 0.107 e. The lowest BCUT2D eigenvalue weighted by molar-refractivity contribution is 0.181. The Kier molecular flexibility index (Phi) is 5.67. The summed E-state index contributed by atoms with van der Waals surface area (Å²) in [6.07, 6.45) is 9.83. The molecule has 1 aliphatic heterocycles. The number of thiazole rings is 1. The van der Waals surface area contributed by atoms with Gasteiger partial charge in [-0.15, -0.1) is 11.3 Å². The molecule has 2 fully saturated rings. The van der Waals surface area contributed by atoms with Crippen molar-refractivity contribution in [1.82, 2.24) is 15.2 Å². The fourth-order valence-electron chi connectivity index (χ4n) is 4.01. The molecule has 0 amide bonds. The van der Waals surface area contributed by atoms with Crippen LogP contribution in [0.25, 0.3) is 0 Å². The Labute approximate surface area is 133 Å². The molecule has 1 aromatic rings. The summed E-state index contributed by atoms with van der Waals surface area (Å²) in [5.74, 6) is 0.969. The zero-order valence-electron chi connectivity index (χ0n) is 13.3. The van der Waals surface area contributed by atoms with Gasteiger partial charge in [-0.3, -0.25) is 4.90 Å². The number of nitrogens with one attached hydrogen (secondary N) is 1. The van der Waals surface area contributed by atoms with Gasteiger partial charge in [0.1, 0.15) is 5.01 Å². The fourth-order valence-corrected chi connectivity index (χ4v) is 4.76. The Bertz CT molecular complexity index is 425. The van der Waals surface area contributed by atoms with Gasteiger partial charge in [0.25, 0.3) is 0 Å². The van der Waals surface area contributed by atoms with Crippen molar-refractivity contribution in [2.45, 2.75) is 71.0 Å². The number of rotatable bonds is 7. The van der Waals surface area contributed by atoms with E-state index in [0.29, 0.717) is 0 Å². The zero-order valence-corrected chi connectivity index (χ0v) is 14.1. The molecular weight excluding hydrogens is 278 g/mol. The molecule has 4 heteroatoms. The van der Waals surface area contributed by atoms with Gasteiger partial charge in [0.2, 0.25) is 0 Å². The Morgan fingerprint density at radius 3 is 2.95 bits per heavy atom. The summed E-state index contributed by atoms with van der Waals surface area (Å²) in [5.41, 5.74) is 1.29. The fraction of sp³-hybridized carbons (Fsp3) is 0.824. The van der Waals surface area contributed by atoms with Crippen LogP contribution in [0.3, 0.4) is 0 Å². The van der Waals surface area contributed by atoms with Crippen LogP contribution in [0.2, 0.25) is 0 Å². The predicted molar refractivity (Wildman–Crippen MR) is 89.5 cm³/mol. The van der Waals surface area contributed by atoms with Gasteiger partial charge in [0.05, 0.1) is 5.69 Å². The third kappa shape index (κ3) is 4.05. The van der Waals surface area contributed by atoms with Crippen LogP contribution < -0.4 is 5.32 Å². The maximum absolute atomic E-state index is 4.82. The maximum atomic E-state index is 4.82. The van der Waals surface area contributed by atoms with Crippen LogP contribution in [0.1, 0.15) is 62.6 Å². The van der Waals surface area contributed by atoms with Crippen molar-refractivity contribution >= 4 is 11.3 Å². The molecular formula is C17H29N3S. The molecule has 2 heterocycles. The van der Waals surface area contributed by atoms with E-state index in [9.17, 15) is 0 Å². The Balaban J connectivity index is 1.53. The normalized spacial score (nSPS) is 24.1. The van der Waals surface area contributed by atoms with Crippen LogP contribution in [0.4, 0.5) is 0 Å². The van der Waals surface area contributed by atoms with Gasteiger partial charge in [0, 0.05) is 24.5 Å². The van der Waals surface area contributed by atoms with E-state index >= 15 is 0 Å². The standard InChI is InChI=1S/C17H29N3S/c1-2-9-18-11-17-19-15(13-21-17)12-20-10-5-8-16(20)14-6-3-4-7-14/h13-14,16,18H,2-12H2,1H3. The molecule has 1 unspecified atom stereocenters. The molecule has 3 rings (SSSR count). The Morgan fingerprint density at radius 1 is 1.29 bits per heavy atom. The molecule has 1 aliphatic carbocycles. The van der Waals surface area contributed by atoms with Crippen LogP contribution in [-0.4, -0.2) is 29.0 Å². The van der Waals surface area contributed by atoms with Crippen LogP contribution in [0.15, 0.2) is 5.38 Å². The van der Waals surface area contributed by atoms with Gasteiger partial charge in [-0.2, -0.15) is 0 Å². The monoisotopic (exact) mass is 307 g/mol. The van der Waals surface area contributed by atoms with Crippen LogP contribution in [-0.2, 0) is 13.1 Å². The summed E-state index contributed by atoms with van der Waals surface area (Å²) in [4.78, 5) is 7.54. The van der Waals surface area contributed by atoms with Gasteiger partial charge in [-0.1, -0.05) is 19.8 Å². The highest BCUT2D eigenvalue weighted by molar-refractivity contribution is 7.09. The van der Waals surface area contributed by atoms with Crippen molar-refractivity contribution < 1.29 is 0 Å². The first kappa shape index (κ1) is 15.4. The molecule has 118 valence electrons. The molecule has 1 N–H and O–H groups in total. The molecule has 1 saturated heterocycles. The van der Waals surface area contributed by atoms with Crippen molar-refractivity contribution in [2.75, 3.05) is 13.1 Å². The van der Waals surface area contributed by atoms with E-state index in [0.717, 1.165) is 31.6 Å². The molecule has 21 heavy (non-hydrogen) atoms. The van der Waals surface area contributed by atoms with E-state index in [1.165, 1.54) is 62.2 Å². The lowest BCUT2D eigenvalue weighted by Crippen LogP contribution is -2.34.